The van der Waals surface area contributed by atoms with Crippen molar-refractivity contribution in [2.24, 2.45) is 0 Å². The zero-order valence-corrected chi connectivity index (χ0v) is 17.4. The molecule has 0 atom stereocenters. The SMILES string of the molecule is CCC[CH2][Sb]([Br])([CH2]CCC)([CH2]CCC)[CH2]CCC. The second kappa shape index (κ2) is 10.1. The van der Waals surface area contributed by atoms with Crippen LogP contribution in [-0.4, -0.2) is 15.1 Å². The Hall–Kier alpha value is 1.30. The summed E-state index contributed by atoms with van der Waals surface area (Å²) in [5.41, 5.74) is 0. The van der Waals surface area contributed by atoms with Crippen LogP contribution in [0.15, 0.2) is 0 Å². The Morgan fingerprint density at radius 3 is 0.944 bits per heavy atom. The first-order valence-electron chi connectivity index (χ1n) is 8.26. The van der Waals surface area contributed by atoms with Crippen molar-refractivity contribution in [3.05, 3.63) is 0 Å². The van der Waals surface area contributed by atoms with E-state index in [9.17, 15) is 0 Å². The van der Waals surface area contributed by atoms with Crippen molar-refractivity contribution in [1.82, 2.24) is 0 Å². The van der Waals surface area contributed by atoms with Gasteiger partial charge in [-0.15, -0.1) is 0 Å². The molecule has 0 N–H and O–H groups in total. The third-order valence-corrected chi connectivity index (χ3v) is 30.2. The van der Waals surface area contributed by atoms with E-state index in [1.807, 2.05) is 0 Å². The molecule has 0 aliphatic rings. The molecule has 112 valence electrons. The molecule has 0 radical (unpaired) electrons. The first-order chi connectivity index (χ1) is 8.54. The third kappa shape index (κ3) is 7.18. The topological polar surface area (TPSA) is 0 Å². The summed E-state index contributed by atoms with van der Waals surface area (Å²) in [6.45, 7) is 9.41. The van der Waals surface area contributed by atoms with Gasteiger partial charge in [0.05, 0.1) is 0 Å². The van der Waals surface area contributed by atoms with Gasteiger partial charge in [-0.3, -0.25) is 0 Å². The summed E-state index contributed by atoms with van der Waals surface area (Å²) in [4.78, 5) is 0. The van der Waals surface area contributed by atoms with Gasteiger partial charge >= 0.3 is 124 Å². The predicted molar refractivity (Wildman–Crippen MR) is 93.5 cm³/mol. The molecule has 18 heavy (non-hydrogen) atoms. The Morgan fingerprint density at radius 1 is 0.556 bits per heavy atom. The van der Waals surface area contributed by atoms with E-state index in [0.29, 0.717) is 0 Å². The summed E-state index contributed by atoms with van der Waals surface area (Å²) in [6.07, 6.45) is 11.3. The fourth-order valence-corrected chi connectivity index (χ4v) is 26.1. The molecule has 0 fully saturated rings. The minimum absolute atomic E-state index is 1.37. The molecular formula is C16H36BrSb. The molecular weight excluding hydrogens is 394 g/mol. The van der Waals surface area contributed by atoms with Crippen LogP contribution in [0.5, 0.6) is 0 Å². The zero-order valence-electron chi connectivity index (χ0n) is 13.3. The molecule has 0 aliphatic heterocycles. The van der Waals surface area contributed by atoms with Gasteiger partial charge in [-0.25, -0.2) is 0 Å². The van der Waals surface area contributed by atoms with Crippen LogP contribution < -0.4 is 0 Å². The van der Waals surface area contributed by atoms with Crippen molar-refractivity contribution >= 4 is 27.7 Å². The monoisotopic (exact) mass is 428 g/mol. The Kier molecular flexibility index (Phi) is 10.8. The Balaban J connectivity index is 4.82. The molecule has 0 aromatic rings. The van der Waals surface area contributed by atoms with Crippen LogP contribution in [0, 0.1) is 0 Å². The van der Waals surface area contributed by atoms with Gasteiger partial charge in [-0.1, -0.05) is 0 Å². The molecule has 0 aromatic heterocycles. The van der Waals surface area contributed by atoms with Gasteiger partial charge in [0.1, 0.15) is 0 Å². The summed E-state index contributed by atoms with van der Waals surface area (Å²) >= 11 is 2.07. The zero-order chi connectivity index (χ0) is 13.9. The predicted octanol–water partition coefficient (Wildman–Crippen LogP) is 7.48. The van der Waals surface area contributed by atoms with Crippen molar-refractivity contribution in [2.75, 3.05) is 0 Å². The summed E-state index contributed by atoms with van der Waals surface area (Å²) in [5, 5.41) is 0. The number of unbranched alkanes of at least 4 members (excludes halogenated alkanes) is 4. The van der Waals surface area contributed by atoms with Crippen LogP contribution in [-0.2, 0) is 0 Å². The van der Waals surface area contributed by atoms with Crippen molar-refractivity contribution in [3.8, 4) is 0 Å². The Bertz CT molecular complexity index is 160. The van der Waals surface area contributed by atoms with E-state index in [2.05, 4.69) is 40.3 Å². The number of hydrogen-bond donors (Lipinski definition) is 0. The van der Waals surface area contributed by atoms with Gasteiger partial charge in [-0.05, 0) is 0 Å². The van der Waals surface area contributed by atoms with Crippen LogP contribution in [0.3, 0.4) is 0 Å². The van der Waals surface area contributed by atoms with Crippen molar-refractivity contribution < 1.29 is 0 Å². The molecule has 0 saturated carbocycles. The number of rotatable bonds is 12. The van der Waals surface area contributed by atoms with E-state index in [-0.39, 0.29) is 0 Å². The molecule has 2 heteroatoms. The van der Waals surface area contributed by atoms with E-state index in [0.717, 1.165) is 0 Å². The van der Waals surface area contributed by atoms with Gasteiger partial charge < -0.3 is 0 Å². The van der Waals surface area contributed by atoms with E-state index in [4.69, 9.17) is 0 Å². The quantitative estimate of drug-likeness (QED) is 0.282. The number of halogens is 1. The van der Waals surface area contributed by atoms with Crippen LogP contribution in [0.4, 0.5) is 0 Å². The van der Waals surface area contributed by atoms with Gasteiger partial charge in [-0.2, -0.15) is 0 Å². The first-order valence-corrected chi connectivity index (χ1v) is 21.2. The van der Waals surface area contributed by atoms with Gasteiger partial charge in [0.2, 0.25) is 0 Å². The molecule has 0 nitrogen and oxygen atoms in total. The van der Waals surface area contributed by atoms with E-state index < -0.39 is 15.1 Å². The van der Waals surface area contributed by atoms with Crippen molar-refractivity contribution in [2.45, 2.75) is 96.5 Å². The summed E-state index contributed by atoms with van der Waals surface area (Å²) in [5.74, 6) is 0. The van der Waals surface area contributed by atoms with Gasteiger partial charge in [0, 0.05) is 0 Å². The maximum absolute atomic E-state index is 4.50. The molecule has 0 bridgehead atoms. The van der Waals surface area contributed by atoms with Crippen molar-refractivity contribution in [3.63, 3.8) is 0 Å². The minimum atomic E-state index is -2.43. The Morgan fingerprint density at radius 2 is 0.778 bits per heavy atom. The van der Waals surface area contributed by atoms with Gasteiger partial charge in [0.15, 0.2) is 0 Å². The van der Waals surface area contributed by atoms with Crippen molar-refractivity contribution in [1.29, 1.82) is 0 Å². The number of hydrogen-bond acceptors (Lipinski definition) is 0. The molecule has 0 aromatic carbocycles. The first kappa shape index (κ1) is 19.3. The maximum atomic E-state index is 4.50. The van der Waals surface area contributed by atoms with E-state index in [1.54, 1.807) is 17.5 Å². The molecule has 0 spiro atoms. The molecule has 0 aliphatic carbocycles. The van der Waals surface area contributed by atoms with Crippen LogP contribution in [0.1, 0.15) is 79.1 Å². The standard InChI is InChI=1S/4C4H9.BrH.Sb/c4*1-3-4-2;;/h4*1,3-4H2,2H3;1H;/q;;;;;+1/p-1. The van der Waals surface area contributed by atoms with Gasteiger partial charge in [0.25, 0.3) is 0 Å². The van der Waals surface area contributed by atoms with E-state index in [1.165, 1.54) is 51.4 Å². The average molecular weight is 430 g/mol. The summed E-state index contributed by atoms with van der Waals surface area (Å²) in [6, 6.07) is 0. The molecule has 0 saturated heterocycles. The van der Waals surface area contributed by atoms with Crippen LogP contribution in [0.25, 0.3) is 0 Å². The fourth-order valence-electron chi connectivity index (χ4n) is 2.88. The second-order valence-electron chi connectivity index (χ2n) is 6.13. The molecule has 0 amide bonds. The Labute approximate surface area is 123 Å². The molecule has 0 unspecified atom stereocenters. The summed E-state index contributed by atoms with van der Waals surface area (Å²) < 4.78 is 6.29. The van der Waals surface area contributed by atoms with Crippen LogP contribution >= 0.6 is 12.6 Å². The third-order valence-electron chi connectivity index (χ3n) is 4.28. The second-order valence-corrected chi connectivity index (χ2v) is 35.1. The fraction of sp³-hybridized carbons (Fsp3) is 1.00. The van der Waals surface area contributed by atoms with Crippen LogP contribution in [0.2, 0.25) is 17.5 Å². The normalized spacial score (nSPS) is 14.4. The average Bonchev–Trinajstić information content (AvgIpc) is 2.40. The summed E-state index contributed by atoms with van der Waals surface area (Å²) in [7, 11) is 0. The molecule has 0 heterocycles. The molecule has 0 rings (SSSR count). The van der Waals surface area contributed by atoms with E-state index >= 15 is 0 Å².